The van der Waals surface area contributed by atoms with Gasteiger partial charge in [0.15, 0.2) is 0 Å². The van der Waals surface area contributed by atoms with Gasteiger partial charge in [-0.1, -0.05) is 81.0 Å². The van der Waals surface area contributed by atoms with Gasteiger partial charge in [0, 0.05) is 79.7 Å². The van der Waals surface area contributed by atoms with Gasteiger partial charge in [0.2, 0.25) is 0 Å². The minimum absolute atomic E-state index is 0.0302. The average Bonchev–Trinajstić information content (AvgIpc) is 3.99. The first-order valence-corrected chi connectivity index (χ1v) is 20.5. The van der Waals surface area contributed by atoms with Gasteiger partial charge in [-0.15, -0.1) is 0 Å². The number of hydrogen-bond donors (Lipinski definition) is 5. The Hall–Kier alpha value is -5.62. The summed E-state index contributed by atoms with van der Waals surface area (Å²) in [6, 6.07) is 37.6. The van der Waals surface area contributed by atoms with E-state index in [-0.39, 0.29) is 22.9 Å². The van der Waals surface area contributed by atoms with Crippen LogP contribution in [0, 0.1) is 0 Å². The number of aromatic amines is 2. The molecule has 2 saturated carbocycles. The Morgan fingerprint density at radius 3 is 1.95 bits per heavy atom. The van der Waals surface area contributed by atoms with Crippen LogP contribution in [-0.2, 0) is 17.4 Å². The van der Waals surface area contributed by atoms with Gasteiger partial charge < -0.3 is 30.4 Å². The van der Waals surface area contributed by atoms with E-state index in [0.29, 0.717) is 12.4 Å². The number of para-hydroxylation sites is 1. The molecule has 276 valence electrons. The fraction of sp³-hybridized carbons (Fsp3) is 0.306. The summed E-state index contributed by atoms with van der Waals surface area (Å²) in [6.07, 6.45) is 16.9. The zero-order valence-corrected chi connectivity index (χ0v) is 31.3. The van der Waals surface area contributed by atoms with Crippen LogP contribution in [0.2, 0.25) is 0 Å². The zero-order valence-electron chi connectivity index (χ0n) is 31.3. The van der Waals surface area contributed by atoms with Crippen LogP contribution in [0.1, 0.15) is 104 Å². The van der Waals surface area contributed by atoms with Crippen LogP contribution in [-0.4, -0.2) is 15.1 Å². The molecule has 55 heavy (non-hydrogen) atoms. The zero-order chi connectivity index (χ0) is 36.6. The molecule has 7 aromatic rings. The van der Waals surface area contributed by atoms with E-state index in [0.717, 1.165) is 35.2 Å². The van der Waals surface area contributed by atoms with Crippen molar-refractivity contribution in [1.82, 2.24) is 9.97 Å². The van der Waals surface area contributed by atoms with Gasteiger partial charge in [0.25, 0.3) is 0 Å². The standard InChI is InChI=1S/C49H48N4O2/c54-34-15-17-36-38(28-50-44(36)26-34)47-49(22-7-2-8-23-49)41-25-33(14-19-43(41)53-47)32-11-9-10-31(24-32)30-55-35-16-18-37-39(29-51-45(37)27-35)46-48(20-5-1-6-21-48)40-12-3-4-13-42(40)52-46/h3-4,9-19,24-29,46-47,50-54H,1-2,5-8,20-23,30H2. The van der Waals surface area contributed by atoms with E-state index >= 15 is 0 Å². The summed E-state index contributed by atoms with van der Waals surface area (Å²) >= 11 is 0. The summed E-state index contributed by atoms with van der Waals surface area (Å²) in [7, 11) is 0. The lowest BCUT2D eigenvalue weighted by Crippen LogP contribution is -2.34. The fourth-order valence-electron chi connectivity index (χ4n) is 11.3. The van der Waals surface area contributed by atoms with Crippen molar-refractivity contribution in [3.63, 3.8) is 0 Å². The minimum atomic E-state index is 0.0302. The predicted molar refractivity (Wildman–Crippen MR) is 223 cm³/mol. The Kier molecular flexibility index (Phi) is 7.58. The largest absolute Gasteiger partial charge is 0.508 e. The Balaban J connectivity index is 0.846. The molecule has 6 nitrogen and oxygen atoms in total. The van der Waals surface area contributed by atoms with Gasteiger partial charge in [-0.3, -0.25) is 0 Å². The summed E-state index contributed by atoms with van der Waals surface area (Å²) in [5.74, 6) is 1.17. The molecule has 6 heteroatoms. The van der Waals surface area contributed by atoms with Crippen molar-refractivity contribution in [2.45, 2.75) is 93.7 Å². The monoisotopic (exact) mass is 724 g/mol. The summed E-state index contributed by atoms with van der Waals surface area (Å²) in [6.45, 7) is 0.504. The molecule has 11 rings (SSSR count). The van der Waals surface area contributed by atoms with Crippen molar-refractivity contribution in [1.29, 1.82) is 0 Å². The molecule has 0 bridgehead atoms. The van der Waals surface area contributed by atoms with Gasteiger partial charge in [-0.2, -0.15) is 0 Å². The Morgan fingerprint density at radius 1 is 0.564 bits per heavy atom. The van der Waals surface area contributed by atoms with E-state index in [1.165, 1.54) is 107 Å². The van der Waals surface area contributed by atoms with E-state index in [4.69, 9.17) is 4.74 Å². The van der Waals surface area contributed by atoms with Crippen molar-refractivity contribution in [3.05, 3.63) is 143 Å². The van der Waals surface area contributed by atoms with E-state index in [1.54, 1.807) is 6.07 Å². The van der Waals surface area contributed by atoms with Gasteiger partial charge in [-0.05, 0) is 102 Å². The smallest absolute Gasteiger partial charge is 0.121 e. The van der Waals surface area contributed by atoms with Crippen molar-refractivity contribution >= 4 is 33.2 Å². The van der Waals surface area contributed by atoms with Gasteiger partial charge >= 0.3 is 0 Å². The summed E-state index contributed by atoms with van der Waals surface area (Å²) in [5.41, 5.74) is 14.0. The molecule has 2 unspecified atom stereocenters. The number of anilines is 2. The van der Waals surface area contributed by atoms with Crippen LogP contribution in [0.4, 0.5) is 11.4 Å². The molecule has 2 spiro atoms. The van der Waals surface area contributed by atoms with Crippen LogP contribution in [0.5, 0.6) is 11.5 Å². The number of benzene rings is 5. The molecule has 0 radical (unpaired) electrons. The number of ether oxygens (including phenoxy) is 1. The summed E-state index contributed by atoms with van der Waals surface area (Å²) in [4.78, 5) is 7.06. The van der Waals surface area contributed by atoms with Crippen LogP contribution in [0.15, 0.2) is 116 Å². The summed E-state index contributed by atoms with van der Waals surface area (Å²) < 4.78 is 6.48. The van der Waals surface area contributed by atoms with Gasteiger partial charge in [0.1, 0.15) is 18.1 Å². The normalized spacial score (nSPS) is 20.7. The number of H-pyrrole nitrogens is 2. The van der Waals surface area contributed by atoms with Crippen molar-refractivity contribution < 1.29 is 9.84 Å². The second kappa shape index (κ2) is 12.7. The molecular formula is C49H48N4O2. The Bertz CT molecular complexity index is 2570. The highest BCUT2D eigenvalue weighted by Gasteiger charge is 2.50. The number of nitrogens with one attached hydrogen (secondary N) is 4. The molecule has 4 aliphatic rings. The first-order chi connectivity index (χ1) is 27.1. The second-order valence-electron chi connectivity index (χ2n) is 16.8. The molecule has 4 heterocycles. The highest BCUT2D eigenvalue weighted by molar-refractivity contribution is 5.88. The van der Waals surface area contributed by atoms with Crippen LogP contribution < -0.4 is 15.4 Å². The lowest BCUT2D eigenvalue weighted by Gasteiger charge is -2.39. The third kappa shape index (κ3) is 5.21. The Labute approximate surface area is 322 Å². The maximum Gasteiger partial charge on any atom is 0.121 e. The number of phenols is 1. The topological polar surface area (TPSA) is 85.1 Å². The van der Waals surface area contributed by atoms with Crippen LogP contribution in [0.3, 0.4) is 0 Å². The molecule has 2 fully saturated rings. The molecule has 0 saturated heterocycles. The Morgan fingerprint density at radius 2 is 1.20 bits per heavy atom. The molecular weight excluding hydrogens is 677 g/mol. The highest BCUT2D eigenvalue weighted by Crippen LogP contribution is 2.59. The maximum atomic E-state index is 10.1. The SMILES string of the molecule is Oc1ccc2c(C3Nc4ccc(-c5cccc(COc6ccc7c(C8Nc9ccccc9C89CCCCC9)c[nH]c7c6)c5)cc4C34CCCCC4)c[nH]c2c1. The lowest BCUT2D eigenvalue weighted by atomic mass is 9.65. The first kappa shape index (κ1) is 32.8. The number of aromatic hydroxyl groups is 1. The molecule has 2 aromatic heterocycles. The number of fused-ring (bicyclic) bond motifs is 6. The first-order valence-electron chi connectivity index (χ1n) is 20.5. The predicted octanol–water partition coefficient (Wildman–Crippen LogP) is 12.3. The van der Waals surface area contributed by atoms with Crippen molar-refractivity contribution in [3.8, 4) is 22.6 Å². The minimum Gasteiger partial charge on any atom is -0.508 e. The third-order valence-electron chi connectivity index (χ3n) is 13.9. The number of aromatic nitrogens is 2. The third-order valence-corrected chi connectivity index (χ3v) is 13.9. The van der Waals surface area contributed by atoms with Gasteiger partial charge in [0.05, 0.1) is 12.1 Å². The molecule has 2 aliphatic heterocycles. The lowest BCUT2D eigenvalue weighted by molar-refractivity contribution is 0.271. The number of hydrogen-bond acceptors (Lipinski definition) is 4. The maximum absolute atomic E-state index is 10.1. The van der Waals surface area contributed by atoms with Crippen LogP contribution >= 0.6 is 0 Å². The van der Waals surface area contributed by atoms with Gasteiger partial charge in [-0.25, -0.2) is 0 Å². The van der Waals surface area contributed by atoms with Crippen LogP contribution in [0.25, 0.3) is 32.9 Å². The molecule has 2 aliphatic carbocycles. The molecule has 2 atom stereocenters. The van der Waals surface area contributed by atoms with E-state index < -0.39 is 0 Å². The summed E-state index contributed by atoms with van der Waals surface area (Å²) in [5, 5.41) is 20.5. The highest BCUT2D eigenvalue weighted by atomic mass is 16.5. The molecule has 5 aromatic carbocycles. The number of phenolic OH excluding ortho intramolecular Hbond substituents is 1. The quantitative estimate of drug-likeness (QED) is 0.118. The van der Waals surface area contributed by atoms with E-state index in [9.17, 15) is 5.11 Å². The van der Waals surface area contributed by atoms with E-state index in [2.05, 4.69) is 124 Å². The second-order valence-corrected chi connectivity index (χ2v) is 16.8. The van der Waals surface area contributed by atoms with E-state index in [1.807, 2.05) is 6.07 Å². The number of rotatable bonds is 6. The average molecular weight is 725 g/mol. The fourth-order valence-corrected chi connectivity index (χ4v) is 11.3. The van der Waals surface area contributed by atoms with Crippen molar-refractivity contribution in [2.24, 2.45) is 0 Å². The van der Waals surface area contributed by atoms with Crippen molar-refractivity contribution in [2.75, 3.05) is 10.6 Å². The molecule has 5 N–H and O–H groups in total. The molecule has 0 amide bonds.